The third-order valence-electron chi connectivity index (χ3n) is 5.83. The number of hydrogen-bond acceptors (Lipinski definition) is 6. The van der Waals surface area contributed by atoms with Gasteiger partial charge < -0.3 is 14.4 Å². The summed E-state index contributed by atoms with van der Waals surface area (Å²) in [4.78, 5) is 16.5. The van der Waals surface area contributed by atoms with E-state index in [4.69, 9.17) is 19.4 Å². The lowest BCUT2D eigenvalue weighted by Crippen LogP contribution is -2.24. The molecule has 0 unspecified atom stereocenters. The van der Waals surface area contributed by atoms with Crippen LogP contribution in [0.3, 0.4) is 0 Å². The second-order valence-corrected chi connectivity index (χ2v) is 7.59. The minimum absolute atomic E-state index is 0.168. The molecule has 0 radical (unpaired) electrons. The maximum atomic E-state index is 5.72. The maximum Gasteiger partial charge on any atom is 0.163 e. The van der Waals surface area contributed by atoms with Crippen LogP contribution >= 0.6 is 0 Å². The summed E-state index contributed by atoms with van der Waals surface area (Å²) in [6, 6.07) is 18.3. The standard InChI is InChI=1S/C25H24N4O2/c1-30-18-11-12-20(23(15-18)31-2)22-10-6-14-29(22)25-19-8-3-4-9-21(19)27-24(28-25)17-7-5-13-26-16-17/h3-5,7-9,11-13,15-16,22H,6,10,14H2,1-2H3/t22-/m1/s1. The number of nitrogens with zero attached hydrogens (tertiary/aromatic N) is 4. The van der Waals surface area contributed by atoms with Crippen LogP contribution in [0.1, 0.15) is 24.4 Å². The van der Waals surface area contributed by atoms with Crippen LogP contribution in [0.4, 0.5) is 5.82 Å². The fraction of sp³-hybridized carbons (Fsp3) is 0.240. The highest BCUT2D eigenvalue weighted by molar-refractivity contribution is 5.91. The van der Waals surface area contributed by atoms with E-state index >= 15 is 0 Å². The van der Waals surface area contributed by atoms with E-state index in [9.17, 15) is 0 Å². The lowest BCUT2D eigenvalue weighted by Gasteiger charge is -2.28. The lowest BCUT2D eigenvalue weighted by atomic mass is 10.0. The number of fused-ring (bicyclic) bond motifs is 1. The summed E-state index contributed by atoms with van der Waals surface area (Å²) in [5.74, 6) is 3.26. The predicted octanol–water partition coefficient (Wildman–Crippen LogP) is 5.05. The van der Waals surface area contributed by atoms with E-state index in [1.807, 2.05) is 48.7 Å². The normalized spacial score (nSPS) is 15.9. The van der Waals surface area contributed by atoms with Crippen molar-refractivity contribution in [1.82, 2.24) is 15.0 Å². The van der Waals surface area contributed by atoms with E-state index in [-0.39, 0.29) is 6.04 Å². The van der Waals surface area contributed by atoms with Crippen LogP contribution in [0.5, 0.6) is 11.5 Å². The van der Waals surface area contributed by atoms with Gasteiger partial charge >= 0.3 is 0 Å². The maximum absolute atomic E-state index is 5.72. The number of benzene rings is 2. The summed E-state index contributed by atoms with van der Waals surface area (Å²) in [7, 11) is 3.38. The molecule has 156 valence electrons. The molecule has 2 aromatic heterocycles. The monoisotopic (exact) mass is 412 g/mol. The Morgan fingerprint density at radius 3 is 2.68 bits per heavy atom. The van der Waals surface area contributed by atoms with Crippen LogP contribution < -0.4 is 14.4 Å². The smallest absolute Gasteiger partial charge is 0.163 e. The molecule has 5 rings (SSSR count). The Morgan fingerprint density at radius 2 is 1.87 bits per heavy atom. The first-order valence-electron chi connectivity index (χ1n) is 10.4. The number of ether oxygens (including phenoxy) is 2. The van der Waals surface area contributed by atoms with E-state index in [0.717, 1.165) is 58.7 Å². The van der Waals surface area contributed by atoms with E-state index < -0.39 is 0 Å². The molecular formula is C25H24N4O2. The largest absolute Gasteiger partial charge is 0.497 e. The number of rotatable bonds is 5. The number of anilines is 1. The van der Waals surface area contributed by atoms with Crippen molar-refractivity contribution < 1.29 is 9.47 Å². The molecule has 6 heteroatoms. The second-order valence-electron chi connectivity index (χ2n) is 7.59. The van der Waals surface area contributed by atoms with Gasteiger partial charge in [0.1, 0.15) is 17.3 Å². The summed E-state index contributed by atoms with van der Waals surface area (Å²) in [5, 5.41) is 1.05. The number of para-hydroxylation sites is 1. The van der Waals surface area contributed by atoms with Gasteiger partial charge in [0.25, 0.3) is 0 Å². The Morgan fingerprint density at radius 1 is 0.968 bits per heavy atom. The van der Waals surface area contributed by atoms with E-state index in [1.165, 1.54) is 0 Å². The van der Waals surface area contributed by atoms with Gasteiger partial charge in [0.15, 0.2) is 5.82 Å². The van der Waals surface area contributed by atoms with Crippen molar-refractivity contribution in [2.24, 2.45) is 0 Å². The first-order valence-corrected chi connectivity index (χ1v) is 10.4. The van der Waals surface area contributed by atoms with Gasteiger partial charge in [-0.2, -0.15) is 0 Å². The Balaban J connectivity index is 1.65. The third-order valence-corrected chi connectivity index (χ3v) is 5.83. The van der Waals surface area contributed by atoms with Crippen molar-refractivity contribution in [3.05, 3.63) is 72.6 Å². The molecule has 1 saturated heterocycles. The molecule has 31 heavy (non-hydrogen) atoms. The first-order chi connectivity index (χ1) is 15.3. The van der Waals surface area contributed by atoms with E-state index in [2.05, 4.69) is 22.0 Å². The Labute approximate surface area is 181 Å². The molecule has 0 amide bonds. The highest BCUT2D eigenvalue weighted by Crippen LogP contribution is 2.42. The van der Waals surface area contributed by atoms with E-state index in [1.54, 1.807) is 20.4 Å². The summed E-state index contributed by atoms with van der Waals surface area (Å²) in [6.45, 7) is 0.924. The average Bonchev–Trinajstić information content (AvgIpc) is 3.33. The zero-order valence-corrected chi connectivity index (χ0v) is 17.7. The van der Waals surface area contributed by atoms with Crippen LogP contribution in [0.15, 0.2) is 67.0 Å². The fourth-order valence-corrected chi connectivity index (χ4v) is 4.34. The molecule has 1 fully saturated rings. The molecule has 3 heterocycles. The van der Waals surface area contributed by atoms with Crippen LogP contribution in [-0.2, 0) is 0 Å². The third kappa shape index (κ3) is 3.54. The number of methoxy groups -OCH3 is 2. The molecular weight excluding hydrogens is 388 g/mol. The van der Waals surface area contributed by atoms with Gasteiger partial charge in [0, 0.05) is 41.5 Å². The van der Waals surface area contributed by atoms with Gasteiger partial charge in [-0.05, 0) is 49.2 Å². The number of pyridine rings is 1. The van der Waals surface area contributed by atoms with Gasteiger partial charge in [-0.1, -0.05) is 12.1 Å². The zero-order valence-electron chi connectivity index (χ0n) is 17.7. The minimum Gasteiger partial charge on any atom is -0.497 e. The fourth-order valence-electron chi connectivity index (χ4n) is 4.34. The Hall–Kier alpha value is -3.67. The SMILES string of the molecule is COc1ccc([C@H]2CCCN2c2nc(-c3cccnc3)nc3ccccc23)c(OC)c1. The van der Waals surface area contributed by atoms with Crippen molar-refractivity contribution in [1.29, 1.82) is 0 Å². The van der Waals surface area contributed by atoms with Gasteiger partial charge in [-0.25, -0.2) is 9.97 Å². The summed E-state index contributed by atoms with van der Waals surface area (Å²) >= 11 is 0. The number of hydrogen-bond donors (Lipinski definition) is 0. The molecule has 4 aromatic rings. The van der Waals surface area contributed by atoms with Gasteiger partial charge in [-0.15, -0.1) is 0 Å². The molecule has 2 aromatic carbocycles. The number of aromatic nitrogens is 3. The molecule has 0 N–H and O–H groups in total. The highest BCUT2D eigenvalue weighted by Gasteiger charge is 2.31. The molecule has 0 aliphatic carbocycles. The van der Waals surface area contributed by atoms with E-state index in [0.29, 0.717) is 5.82 Å². The molecule has 0 saturated carbocycles. The molecule has 6 nitrogen and oxygen atoms in total. The van der Waals surface area contributed by atoms with Crippen molar-refractivity contribution >= 4 is 16.7 Å². The topological polar surface area (TPSA) is 60.4 Å². The highest BCUT2D eigenvalue weighted by atomic mass is 16.5. The molecule has 1 aliphatic rings. The summed E-state index contributed by atoms with van der Waals surface area (Å²) in [5.41, 5.74) is 2.98. The van der Waals surface area contributed by atoms with Crippen molar-refractivity contribution in [3.8, 4) is 22.9 Å². The van der Waals surface area contributed by atoms with Gasteiger partial charge in [0.05, 0.1) is 25.8 Å². The molecule has 0 spiro atoms. The van der Waals surface area contributed by atoms with Crippen molar-refractivity contribution in [2.75, 3.05) is 25.7 Å². The molecule has 1 aliphatic heterocycles. The van der Waals surface area contributed by atoms with Gasteiger partial charge in [0.2, 0.25) is 0 Å². The van der Waals surface area contributed by atoms with Crippen LogP contribution in [0.2, 0.25) is 0 Å². The predicted molar refractivity (Wildman–Crippen MR) is 122 cm³/mol. The van der Waals surface area contributed by atoms with Crippen molar-refractivity contribution in [2.45, 2.75) is 18.9 Å². The Bertz CT molecular complexity index is 1210. The molecule has 1 atom stereocenters. The van der Waals surface area contributed by atoms with Crippen LogP contribution in [-0.4, -0.2) is 35.7 Å². The summed E-state index contributed by atoms with van der Waals surface area (Å²) in [6.07, 6.45) is 5.68. The second kappa shape index (κ2) is 8.22. The quantitative estimate of drug-likeness (QED) is 0.457. The minimum atomic E-state index is 0.168. The van der Waals surface area contributed by atoms with Crippen LogP contribution in [0, 0.1) is 0 Å². The average molecular weight is 412 g/mol. The van der Waals surface area contributed by atoms with Crippen LogP contribution in [0.25, 0.3) is 22.3 Å². The van der Waals surface area contributed by atoms with Gasteiger partial charge in [-0.3, -0.25) is 4.98 Å². The Kier molecular flexibility index (Phi) is 5.12. The molecule has 0 bridgehead atoms. The first kappa shape index (κ1) is 19.3. The lowest BCUT2D eigenvalue weighted by molar-refractivity contribution is 0.388. The zero-order chi connectivity index (χ0) is 21.2. The van der Waals surface area contributed by atoms with Crippen molar-refractivity contribution in [3.63, 3.8) is 0 Å². The summed E-state index contributed by atoms with van der Waals surface area (Å²) < 4.78 is 11.1.